The van der Waals surface area contributed by atoms with Gasteiger partial charge in [0, 0.05) is 5.56 Å². The molecule has 2 nitrogen and oxygen atoms in total. The molecular formula is C15H15F3N2. The van der Waals surface area contributed by atoms with E-state index in [0.717, 1.165) is 28.8 Å². The Morgan fingerprint density at radius 1 is 0.950 bits per heavy atom. The number of hydrogen-bond acceptors (Lipinski definition) is 2. The number of rotatable bonds is 1. The molecule has 5 heteroatoms. The van der Waals surface area contributed by atoms with Gasteiger partial charge in [0.2, 0.25) is 0 Å². The number of nitrogen functional groups attached to an aromatic ring is 1. The summed E-state index contributed by atoms with van der Waals surface area (Å²) in [5, 5.41) is 0. The summed E-state index contributed by atoms with van der Waals surface area (Å²) in [6, 6.07) is 5.73. The lowest BCUT2D eigenvalue weighted by molar-refractivity contribution is -0.137. The van der Waals surface area contributed by atoms with Crippen molar-refractivity contribution in [3.05, 3.63) is 46.5 Å². The van der Waals surface area contributed by atoms with E-state index in [0.29, 0.717) is 5.56 Å². The third kappa shape index (κ3) is 2.76. The zero-order valence-electron chi connectivity index (χ0n) is 11.5. The smallest absolute Gasteiger partial charge is 0.384 e. The number of hydrogen-bond donors (Lipinski definition) is 1. The van der Waals surface area contributed by atoms with E-state index in [1.807, 2.05) is 32.9 Å². The van der Waals surface area contributed by atoms with E-state index in [4.69, 9.17) is 5.73 Å². The van der Waals surface area contributed by atoms with Crippen LogP contribution in [0.2, 0.25) is 0 Å². The van der Waals surface area contributed by atoms with Crippen LogP contribution in [0.3, 0.4) is 0 Å². The van der Waals surface area contributed by atoms with Crippen molar-refractivity contribution in [2.45, 2.75) is 26.9 Å². The van der Waals surface area contributed by atoms with E-state index < -0.39 is 11.7 Å². The van der Waals surface area contributed by atoms with E-state index in [-0.39, 0.29) is 11.5 Å². The number of aromatic nitrogens is 1. The first-order valence-corrected chi connectivity index (χ1v) is 6.11. The highest BCUT2D eigenvalue weighted by Gasteiger charge is 2.31. The van der Waals surface area contributed by atoms with Crippen LogP contribution in [0.4, 0.5) is 19.0 Å². The molecule has 1 heterocycles. The van der Waals surface area contributed by atoms with Gasteiger partial charge >= 0.3 is 6.18 Å². The predicted octanol–water partition coefficient (Wildman–Crippen LogP) is 4.27. The molecule has 20 heavy (non-hydrogen) atoms. The fourth-order valence-electron chi connectivity index (χ4n) is 2.43. The maximum absolute atomic E-state index is 12.8. The summed E-state index contributed by atoms with van der Waals surface area (Å²) in [4.78, 5) is 4.05. The average molecular weight is 280 g/mol. The lowest BCUT2D eigenvalue weighted by atomic mass is 9.96. The maximum Gasteiger partial charge on any atom is 0.416 e. The summed E-state index contributed by atoms with van der Waals surface area (Å²) >= 11 is 0. The molecule has 0 unspecified atom stereocenters. The van der Waals surface area contributed by atoms with Crippen molar-refractivity contribution >= 4 is 5.82 Å². The molecule has 0 spiro atoms. The number of nitrogens with two attached hydrogens (primary N) is 1. The Morgan fingerprint density at radius 3 is 2.00 bits per heavy atom. The Morgan fingerprint density at radius 2 is 1.50 bits per heavy atom. The third-order valence-corrected chi connectivity index (χ3v) is 3.11. The SMILES string of the molecule is Cc1cc(C)c(-c2cc(C(F)(F)F)cc(N)n2)c(C)c1. The van der Waals surface area contributed by atoms with E-state index in [9.17, 15) is 13.2 Å². The molecule has 0 amide bonds. The van der Waals surface area contributed by atoms with Gasteiger partial charge in [-0.2, -0.15) is 13.2 Å². The average Bonchev–Trinajstić information content (AvgIpc) is 2.25. The van der Waals surface area contributed by atoms with Crippen LogP contribution in [0.25, 0.3) is 11.3 Å². The normalized spacial score (nSPS) is 11.7. The topological polar surface area (TPSA) is 38.9 Å². The van der Waals surface area contributed by atoms with Gasteiger partial charge in [0.05, 0.1) is 11.3 Å². The van der Waals surface area contributed by atoms with Gasteiger partial charge in [-0.3, -0.25) is 0 Å². The second-order valence-electron chi connectivity index (χ2n) is 4.94. The molecule has 0 saturated heterocycles. The molecule has 0 aliphatic heterocycles. The van der Waals surface area contributed by atoms with Crippen LogP contribution in [-0.2, 0) is 6.18 Å². The minimum atomic E-state index is -4.43. The first-order valence-electron chi connectivity index (χ1n) is 6.11. The van der Waals surface area contributed by atoms with Gasteiger partial charge in [0.25, 0.3) is 0 Å². The Balaban J connectivity index is 2.68. The summed E-state index contributed by atoms with van der Waals surface area (Å²) < 4.78 is 38.5. The maximum atomic E-state index is 12.8. The lowest BCUT2D eigenvalue weighted by Crippen LogP contribution is -2.08. The largest absolute Gasteiger partial charge is 0.416 e. The predicted molar refractivity (Wildman–Crippen MR) is 73.3 cm³/mol. The molecule has 2 aromatic rings. The monoisotopic (exact) mass is 280 g/mol. The highest BCUT2D eigenvalue weighted by Crippen LogP contribution is 2.34. The molecule has 2 rings (SSSR count). The Bertz CT molecular complexity index is 638. The zero-order valence-corrected chi connectivity index (χ0v) is 11.5. The number of nitrogens with zero attached hydrogens (tertiary/aromatic N) is 1. The fourth-order valence-corrected chi connectivity index (χ4v) is 2.43. The molecule has 2 N–H and O–H groups in total. The molecule has 1 aromatic carbocycles. The molecule has 0 fully saturated rings. The summed E-state index contributed by atoms with van der Waals surface area (Å²) in [5.74, 6) is -0.130. The van der Waals surface area contributed by atoms with E-state index in [2.05, 4.69) is 4.98 Å². The summed E-state index contributed by atoms with van der Waals surface area (Å²) in [6.07, 6.45) is -4.43. The summed E-state index contributed by atoms with van der Waals surface area (Å²) in [6.45, 7) is 5.65. The van der Waals surface area contributed by atoms with Crippen LogP contribution in [0, 0.1) is 20.8 Å². The second-order valence-corrected chi connectivity index (χ2v) is 4.94. The van der Waals surface area contributed by atoms with Gasteiger partial charge in [0.15, 0.2) is 0 Å². The molecular weight excluding hydrogens is 265 g/mol. The van der Waals surface area contributed by atoms with Gasteiger partial charge in [-0.05, 0) is 44.0 Å². The highest BCUT2D eigenvalue weighted by atomic mass is 19.4. The standard InChI is InChI=1S/C15H15F3N2/c1-8-4-9(2)14(10(3)5-8)12-6-11(15(16,17)18)7-13(19)20-12/h4-7H,1-3H3,(H2,19,20). The van der Waals surface area contributed by atoms with Crippen LogP contribution in [0.15, 0.2) is 24.3 Å². The zero-order chi connectivity index (χ0) is 15.1. The van der Waals surface area contributed by atoms with Gasteiger partial charge in [-0.15, -0.1) is 0 Å². The first-order chi connectivity index (χ1) is 9.18. The minimum absolute atomic E-state index is 0.130. The van der Waals surface area contributed by atoms with E-state index >= 15 is 0 Å². The minimum Gasteiger partial charge on any atom is -0.384 e. The molecule has 0 aliphatic carbocycles. The van der Waals surface area contributed by atoms with Crippen molar-refractivity contribution in [3.8, 4) is 11.3 Å². The van der Waals surface area contributed by atoms with Crippen LogP contribution in [0.5, 0.6) is 0 Å². The van der Waals surface area contributed by atoms with Crippen molar-refractivity contribution in [1.82, 2.24) is 4.98 Å². The Hall–Kier alpha value is -2.04. The summed E-state index contributed by atoms with van der Waals surface area (Å²) in [5.41, 5.74) is 8.52. The second kappa shape index (κ2) is 4.81. The highest BCUT2D eigenvalue weighted by molar-refractivity contribution is 5.70. The van der Waals surface area contributed by atoms with Gasteiger partial charge < -0.3 is 5.73 Å². The number of aryl methyl sites for hydroxylation is 3. The van der Waals surface area contributed by atoms with Crippen molar-refractivity contribution in [3.63, 3.8) is 0 Å². The fraction of sp³-hybridized carbons (Fsp3) is 0.267. The molecule has 0 aliphatic rings. The molecule has 0 radical (unpaired) electrons. The van der Waals surface area contributed by atoms with Gasteiger partial charge in [-0.1, -0.05) is 17.7 Å². The first kappa shape index (κ1) is 14.4. The molecule has 1 aromatic heterocycles. The number of pyridine rings is 1. The molecule has 0 bridgehead atoms. The van der Waals surface area contributed by atoms with Crippen molar-refractivity contribution < 1.29 is 13.2 Å². The van der Waals surface area contributed by atoms with Crippen LogP contribution < -0.4 is 5.73 Å². The van der Waals surface area contributed by atoms with E-state index in [1.165, 1.54) is 0 Å². The van der Waals surface area contributed by atoms with Crippen molar-refractivity contribution in [2.75, 3.05) is 5.73 Å². The number of benzene rings is 1. The van der Waals surface area contributed by atoms with Crippen molar-refractivity contribution in [2.24, 2.45) is 0 Å². The van der Waals surface area contributed by atoms with Crippen LogP contribution in [-0.4, -0.2) is 4.98 Å². The van der Waals surface area contributed by atoms with Gasteiger partial charge in [-0.25, -0.2) is 4.98 Å². The molecule has 106 valence electrons. The Kier molecular flexibility index (Phi) is 3.46. The quantitative estimate of drug-likeness (QED) is 0.847. The number of alkyl halides is 3. The molecule has 0 atom stereocenters. The van der Waals surface area contributed by atoms with Crippen molar-refractivity contribution in [1.29, 1.82) is 0 Å². The van der Waals surface area contributed by atoms with E-state index in [1.54, 1.807) is 0 Å². The van der Waals surface area contributed by atoms with Crippen LogP contribution >= 0.6 is 0 Å². The Labute approximate surface area is 115 Å². The number of anilines is 1. The lowest BCUT2D eigenvalue weighted by Gasteiger charge is -2.14. The molecule has 0 saturated carbocycles. The summed E-state index contributed by atoms with van der Waals surface area (Å²) in [7, 11) is 0. The van der Waals surface area contributed by atoms with Gasteiger partial charge in [0.1, 0.15) is 5.82 Å². The number of halogens is 3. The van der Waals surface area contributed by atoms with Crippen LogP contribution in [0.1, 0.15) is 22.3 Å². The third-order valence-electron chi connectivity index (χ3n) is 3.11.